The van der Waals surface area contributed by atoms with E-state index in [1.54, 1.807) is 0 Å². The Bertz CT molecular complexity index is 1170. The van der Waals surface area contributed by atoms with Crippen molar-refractivity contribution in [3.05, 3.63) is 0 Å². The van der Waals surface area contributed by atoms with E-state index in [9.17, 15) is 33.9 Å². The third-order valence-corrected chi connectivity index (χ3v) is 14.1. The fourth-order valence-corrected chi connectivity index (χ4v) is 10.1. The largest absolute Gasteiger partial charge is 0.462 e. The van der Waals surface area contributed by atoms with Crippen LogP contribution < -0.4 is 0 Å². The van der Waals surface area contributed by atoms with Gasteiger partial charge in [-0.2, -0.15) is 0 Å². The highest BCUT2D eigenvalue weighted by molar-refractivity contribution is 5.72. The van der Waals surface area contributed by atoms with Gasteiger partial charge in [0.15, 0.2) is 12.2 Å². The fraction of sp³-hybridized carbons (Fsp3) is 0.882. The number of hydrogen-bond donors (Lipinski definition) is 1. The molecule has 4 fully saturated rings. The topological polar surface area (TPSA) is 178 Å². The number of carbonyl (C=O) groups is 6. The van der Waals surface area contributed by atoms with E-state index >= 15 is 0 Å². The van der Waals surface area contributed by atoms with Crippen molar-refractivity contribution in [1.82, 2.24) is 0 Å². The summed E-state index contributed by atoms with van der Waals surface area (Å²) in [5.74, 6) is -0.402. The van der Waals surface area contributed by atoms with Crippen LogP contribution in [0.1, 0.15) is 218 Å². The molecule has 0 spiro atoms. The van der Waals surface area contributed by atoms with Crippen LogP contribution in [0.4, 0.5) is 0 Å². The predicted molar refractivity (Wildman–Crippen MR) is 241 cm³/mol. The van der Waals surface area contributed by atoms with Gasteiger partial charge in [-0.1, -0.05) is 128 Å². The van der Waals surface area contributed by atoms with E-state index in [1.165, 1.54) is 77.0 Å². The lowest BCUT2D eigenvalue weighted by Crippen LogP contribution is -2.31. The van der Waals surface area contributed by atoms with Gasteiger partial charge in [-0.25, -0.2) is 0 Å². The van der Waals surface area contributed by atoms with Crippen molar-refractivity contribution in [2.24, 2.45) is 23.7 Å². The minimum Gasteiger partial charge on any atom is -0.462 e. The Morgan fingerprint density at radius 2 is 0.609 bits per heavy atom. The van der Waals surface area contributed by atoms with E-state index in [2.05, 4.69) is 0 Å². The van der Waals surface area contributed by atoms with Gasteiger partial charge in [-0.15, -0.1) is 0 Å². The van der Waals surface area contributed by atoms with Gasteiger partial charge in [0.05, 0.1) is 6.10 Å². The molecule has 1 N–H and O–H groups in total. The quantitative estimate of drug-likeness (QED) is 0.0532. The van der Waals surface area contributed by atoms with Crippen LogP contribution in [-0.4, -0.2) is 85.7 Å². The number of rotatable bonds is 30. The molecule has 64 heavy (non-hydrogen) atoms. The van der Waals surface area contributed by atoms with Crippen LogP contribution in [0.25, 0.3) is 0 Å². The molecule has 4 aliphatic rings. The molecule has 0 saturated heterocycles. The van der Waals surface area contributed by atoms with Crippen LogP contribution in [0.2, 0.25) is 0 Å². The van der Waals surface area contributed by atoms with Gasteiger partial charge in [0.2, 0.25) is 0 Å². The number of aliphatic hydroxyl groups is 1. The monoisotopic (exact) mass is 905 g/mol. The molecule has 4 rings (SSSR count). The summed E-state index contributed by atoms with van der Waals surface area (Å²) >= 11 is 0. The molecule has 0 amide bonds. The van der Waals surface area contributed by atoms with E-state index < -0.39 is 30.3 Å². The Morgan fingerprint density at radius 3 is 0.859 bits per heavy atom. The Labute approximate surface area is 383 Å². The maximum Gasteiger partial charge on any atom is 0.306 e. The first-order valence-electron chi connectivity index (χ1n) is 25.8. The summed E-state index contributed by atoms with van der Waals surface area (Å²) in [6, 6.07) is 0. The average molecular weight is 905 g/mol. The third kappa shape index (κ3) is 24.9. The zero-order valence-electron chi connectivity index (χ0n) is 39.3. The van der Waals surface area contributed by atoms with Crippen molar-refractivity contribution < 1.29 is 62.3 Å². The van der Waals surface area contributed by atoms with Crippen molar-refractivity contribution >= 4 is 35.8 Å². The molecule has 4 saturated carbocycles. The molecule has 0 unspecified atom stereocenters. The third-order valence-electron chi connectivity index (χ3n) is 14.1. The fourth-order valence-electron chi connectivity index (χ4n) is 10.1. The number of aliphatic hydroxyl groups excluding tert-OH is 1. The van der Waals surface area contributed by atoms with Crippen LogP contribution in [-0.2, 0) is 57.2 Å². The SMILES string of the molecule is O=C(CCC1CCCCC1)OCC(COC(=O)CCC1CCCCC1)OC(=O)CCCC(O)CCCC(=O)OC(COC(=O)CCC1CCCCC1)COC(=O)CCC1CCCCC1. The molecule has 0 aromatic heterocycles. The van der Waals surface area contributed by atoms with Crippen LogP contribution in [0.15, 0.2) is 0 Å². The van der Waals surface area contributed by atoms with Gasteiger partial charge >= 0.3 is 35.8 Å². The van der Waals surface area contributed by atoms with E-state index in [0.29, 0.717) is 62.2 Å². The number of hydrogen-bond acceptors (Lipinski definition) is 13. The molecule has 13 nitrogen and oxygen atoms in total. The van der Waals surface area contributed by atoms with Gasteiger partial charge < -0.3 is 33.5 Å². The average Bonchev–Trinajstić information content (AvgIpc) is 3.31. The van der Waals surface area contributed by atoms with E-state index in [1.807, 2.05) is 0 Å². The number of ether oxygens (including phenoxy) is 6. The van der Waals surface area contributed by atoms with Crippen LogP contribution in [0, 0.1) is 23.7 Å². The van der Waals surface area contributed by atoms with Crippen molar-refractivity contribution in [3.63, 3.8) is 0 Å². The first-order valence-corrected chi connectivity index (χ1v) is 25.8. The predicted octanol–water partition coefficient (Wildman–Crippen LogP) is 10.1. The smallest absolute Gasteiger partial charge is 0.306 e. The highest BCUT2D eigenvalue weighted by Crippen LogP contribution is 2.30. The first kappa shape index (κ1) is 53.4. The minimum atomic E-state index is -0.931. The maximum atomic E-state index is 12.9. The second-order valence-electron chi connectivity index (χ2n) is 19.6. The van der Waals surface area contributed by atoms with Crippen molar-refractivity contribution in [3.8, 4) is 0 Å². The molecule has 4 aliphatic carbocycles. The Morgan fingerprint density at radius 1 is 0.359 bits per heavy atom. The van der Waals surface area contributed by atoms with Crippen LogP contribution >= 0.6 is 0 Å². The Hall–Kier alpha value is -3.22. The normalized spacial score (nSPS) is 18.2. The Kier molecular flexibility index (Phi) is 27.1. The van der Waals surface area contributed by atoms with Crippen molar-refractivity contribution in [2.75, 3.05) is 26.4 Å². The summed E-state index contributed by atoms with van der Waals surface area (Å²) in [4.78, 5) is 76.2. The number of esters is 6. The maximum absolute atomic E-state index is 12.9. The number of carbonyl (C=O) groups excluding carboxylic acids is 6. The highest BCUT2D eigenvalue weighted by atomic mass is 16.6. The second kappa shape index (κ2) is 32.5. The van der Waals surface area contributed by atoms with Gasteiger partial charge in [-0.3, -0.25) is 28.8 Å². The summed E-state index contributed by atoms with van der Waals surface area (Å²) in [7, 11) is 0. The van der Waals surface area contributed by atoms with E-state index in [0.717, 1.165) is 77.0 Å². The van der Waals surface area contributed by atoms with Gasteiger partial charge in [-0.05, 0) is 75.0 Å². The van der Waals surface area contributed by atoms with Crippen molar-refractivity contribution in [2.45, 2.75) is 237 Å². The van der Waals surface area contributed by atoms with Gasteiger partial charge in [0, 0.05) is 38.5 Å². The highest BCUT2D eigenvalue weighted by Gasteiger charge is 2.25. The summed E-state index contributed by atoms with van der Waals surface area (Å²) in [6.45, 7) is -0.792. The van der Waals surface area contributed by atoms with Gasteiger partial charge in [0.1, 0.15) is 26.4 Å². The van der Waals surface area contributed by atoms with Gasteiger partial charge in [0.25, 0.3) is 0 Å². The molecule has 0 radical (unpaired) electrons. The standard InChI is InChI=1S/C51H84O13/c52-43(23-13-25-50(57)63-44(35-59-46(53)31-27-39-15-5-1-6-16-39)36-60-47(54)32-28-40-17-7-2-8-18-40)24-14-26-51(58)64-45(37-61-48(55)33-29-41-19-9-3-10-20-41)38-62-49(56)34-30-42-21-11-4-12-22-42/h39-45,52H,1-38H2. The molecule has 0 aromatic carbocycles. The zero-order chi connectivity index (χ0) is 45.6. The molecule has 0 aliphatic heterocycles. The summed E-state index contributed by atoms with van der Waals surface area (Å²) in [6.07, 6.45) is 26.4. The van der Waals surface area contributed by atoms with Crippen LogP contribution in [0.3, 0.4) is 0 Å². The molecule has 0 bridgehead atoms. The molecule has 0 aromatic rings. The van der Waals surface area contributed by atoms with E-state index in [-0.39, 0.29) is 76.0 Å². The van der Waals surface area contributed by atoms with Crippen molar-refractivity contribution in [1.29, 1.82) is 0 Å². The summed E-state index contributed by atoms with van der Waals surface area (Å²) < 4.78 is 33.2. The minimum absolute atomic E-state index is 0.00128. The molecular weight excluding hydrogens is 821 g/mol. The lowest BCUT2D eigenvalue weighted by molar-refractivity contribution is -0.167. The summed E-state index contributed by atoms with van der Waals surface area (Å²) in [5.41, 5.74) is 0. The van der Waals surface area contributed by atoms with Crippen LogP contribution in [0.5, 0.6) is 0 Å². The lowest BCUT2D eigenvalue weighted by Gasteiger charge is -2.22. The molecule has 0 atom stereocenters. The summed E-state index contributed by atoms with van der Waals surface area (Å²) in [5, 5.41) is 10.7. The first-order chi connectivity index (χ1) is 31.1. The Balaban J connectivity index is 1.14. The lowest BCUT2D eigenvalue weighted by atomic mass is 9.86. The molecule has 366 valence electrons. The second-order valence-corrected chi connectivity index (χ2v) is 19.6. The molecule has 0 heterocycles. The molecule has 13 heteroatoms. The molecular formula is C51H84O13. The zero-order valence-corrected chi connectivity index (χ0v) is 39.3. The van der Waals surface area contributed by atoms with E-state index in [4.69, 9.17) is 28.4 Å².